The number of nitrogen functional groups attached to an aromatic ring is 1. The van der Waals surface area contributed by atoms with Gasteiger partial charge in [0.1, 0.15) is 11.6 Å². The van der Waals surface area contributed by atoms with Crippen LogP contribution in [0, 0.1) is 5.92 Å². The molecule has 1 aromatic carbocycles. The molecule has 0 spiro atoms. The maximum Gasteiger partial charge on any atom is 0.145 e. The second kappa shape index (κ2) is 5.24. The van der Waals surface area contributed by atoms with Crippen molar-refractivity contribution in [3.63, 3.8) is 0 Å². The molecule has 3 heterocycles. The Hall–Kier alpha value is -1.72. The molecule has 2 atom stereocenters. The molecule has 2 unspecified atom stereocenters. The molecular weight excluding hydrogens is 262 g/mol. The second-order valence-electron chi connectivity index (χ2n) is 6.20. The molecule has 3 N–H and O–H groups in total. The topological polar surface area (TPSA) is 67.1 Å². The van der Waals surface area contributed by atoms with Crippen LogP contribution >= 0.6 is 0 Å². The van der Waals surface area contributed by atoms with Crippen molar-refractivity contribution in [2.75, 3.05) is 25.4 Å². The number of para-hydroxylation sites is 1. The van der Waals surface area contributed by atoms with Crippen molar-refractivity contribution in [3.05, 3.63) is 30.1 Å². The van der Waals surface area contributed by atoms with Gasteiger partial charge in [-0.05, 0) is 37.4 Å². The van der Waals surface area contributed by atoms with Crippen molar-refractivity contribution in [2.24, 2.45) is 5.92 Å². The fraction of sp³-hybridized carbons (Fsp3) is 0.500. The zero-order chi connectivity index (χ0) is 14.2. The number of benzene rings is 1. The highest BCUT2D eigenvalue weighted by molar-refractivity contribution is 5.87. The molecule has 2 fully saturated rings. The number of piperidine rings is 1. The molecule has 2 aliphatic rings. The van der Waals surface area contributed by atoms with E-state index < -0.39 is 0 Å². The van der Waals surface area contributed by atoms with E-state index in [1.54, 1.807) is 0 Å². The minimum absolute atomic E-state index is 0.588. The first-order chi connectivity index (χ1) is 10.3. The van der Waals surface area contributed by atoms with Gasteiger partial charge in [0, 0.05) is 24.5 Å². The van der Waals surface area contributed by atoms with Crippen LogP contribution in [0.2, 0.25) is 0 Å². The van der Waals surface area contributed by atoms with Gasteiger partial charge in [0.05, 0.1) is 12.1 Å². The summed E-state index contributed by atoms with van der Waals surface area (Å²) in [6.07, 6.45) is 2.64. The number of anilines is 1. The number of aromatic nitrogens is 2. The molecule has 110 valence electrons. The van der Waals surface area contributed by atoms with Crippen LogP contribution in [-0.2, 0) is 6.54 Å². The van der Waals surface area contributed by atoms with Crippen LogP contribution in [-0.4, -0.2) is 40.5 Å². The van der Waals surface area contributed by atoms with E-state index in [1.165, 1.54) is 12.8 Å². The zero-order valence-electron chi connectivity index (χ0n) is 12.1. The first kappa shape index (κ1) is 13.0. The fourth-order valence-electron chi connectivity index (χ4n) is 3.69. The van der Waals surface area contributed by atoms with Crippen LogP contribution in [0.15, 0.2) is 24.3 Å². The Kier molecular flexibility index (Phi) is 3.24. The summed E-state index contributed by atoms with van der Waals surface area (Å²) < 4.78 is 0. The van der Waals surface area contributed by atoms with Gasteiger partial charge in [-0.15, -0.1) is 0 Å². The van der Waals surface area contributed by atoms with Crippen LogP contribution in [0.3, 0.4) is 0 Å². The molecule has 0 aliphatic carbocycles. The summed E-state index contributed by atoms with van der Waals surface area (Å²) in [4.78, 5) is 11.6. The third-order valence-corrected chi connectivity index (χ3v) is 4.72. The number of hydrogen-bond acceptors (Lipinski definition) is 5. The molecule has 2 saturated heterocycles. The molecule has 0 radical (unpaired) electrons. The second-order valence-corrected chi connectivity index (χ2v) is 6.20. The standard InChI is InChI=1S/C16H21N5/c17-16-12-5-1-2-6-13(12)19-15(20-16)10-21-8-11-4-3-7-18-14(11)9-21/h1-2,5-6,11,14,18H,3-4,7-10H2,(H2,17,19,20). The number of nitrogens with one attached hydrogen (secondary N) is 1. The quantitative estimate of drug-likeness (QED) is 0.872. The van der Waals surface area contributed by atoms with E-state index in [0.717, 1.165) is 48.8 Å². The van der Waals surface area contributed by atoms with Crippen LogP contribution in [0.1, 0.15) is 18.7 Å². The highest BCUT2D eigenvalue weighted by atomic mass is 15.2. The average Bonchev–Trinajstić information content (AvgIpc) is 2.89. The minimum atomic E-state index is 0.588. The van der Waals surface area contributed by atoms with Gasteiger partial charge in [-0.2, -0.15) is 0 Å². The Balaban J connectivity index is 1.55. The Labute approximate surface area is 124 Å². The van der Waals surface area contributed by atoms with E-state index in [1.807, 2.05) is 24.3 Å². The van der Waals surface area contributed by atoms with Crippen LogP contribution in [0.25, 0.3) is 10.9 Å². The molecule has 5 heteroatoms. The van der Waals surface area contributed by atoms with Gasteiger partial charge in [0.2, 0.25) is 0 Å². The lowest BCUT2D eigenvalue weighted by Gasteiger charge is -2.24. The van der Waals surface area contributed by atoms with Crippen LogP contribution < -0.4 is 11.1 Å². The Bertz CT molecular complexity index is 642. The Morgan fingerprint density at radius 3 is 3.05 bits per heavy atom. The van der Waals surface area contributed by atoms with Gasteiger partial charge in [0.25, 0.3) is 0 Å². The van der Waals surface area contributed by atoms with Crippen molar-refractivity contribution in [3.8, 4) is 0 Å². The molecule has 0 amide bonds. The Morgan fingerprint density at radius 2 is 2.14 bits per heavy atom. The summed E-state index contributed by atoms with van der Waals surface area (Å²) in [5, 5.41) is 4.57. The molecule has 1 aromatic heterocycles. The van der Waals surface area contributed by atoms with Crippen molar-refractivity contribution < 1.29 is 0 Å². The average molecular weight is 283 g/mol. The summed E-state index contributed by atoms with van der Waals surface area (Å²) in [7, 11) is 0. The van der Waals surface area contributed by atoms with E-state index in [-0.39, 0.29) is 0 Å². The van der Waals surface area contributed by atoms with Gasteiger partial charge in [-0.1, -0.05) is 12.1 Å². The van der Waals surface area contributed by atoms with Gasteiger partial charge in [-0.25, -0.2) is 9.97 Å². The summed E-state index contributed by atoms with van der Waals surface area (Å²) in [6.45, 7) is 4.20. The lowest BCUT2D eigenvalue weighted by atomic mass is 9.94. The number of hydrogen-bond donors (Lipinski definition) is 2. The first-order valence-electron chi connectivity index (χ1n) is 7.76. The third kappa shape index (κ3) is 2.47. The third-order valence-electron chi connectivity index (χ3n) is 4.72. The molecular formula is C16H21N5. The van der Waals surface area contributed by atoms with Gasteiger partial charge < -0.3 is 11.1 Å². The molecule has 2 aromatic rings. The van der Waals surface area contributed by atoms with Crippen molar-refractivity contribution in [1.29, 1.82) is 0 Å². The first-order valence-corrected chi connectivity index (χ1v) is 7.76. The summed E-state index contributed by atoms with van der Waals surface area (Å²) in [6, 6.07) is 8.59. The highest BCUT2D eigenvalue weighted by Crippen LogP contribution is 2.26. The maximum absolute atomic E-state index is 6.07. The number of likely N-dealkylation sites (tertiary alicyclic amines) is 1. The number of fused-ring (bicyclic) bond motifs is 2. The monoisotopic (exact) mass is 283 g/mol. The number of rotatable bonds is 2. The maximum atomic E-state index is 6.07. The SMILES string of the molecule is Nc1nc(CN2CC3CCCNC3C2)nc2ccccc12. The predicted molar refractivity (Wildman–Crippen MR) is 83.7 cm³/mol. The number of nitrogens with two attached hydrogens (primary N) is 1. The van der Waals surface area contributed by atoms with Crippen molar-refractivity contribution in [2.45, 2.75) is 25.4 Å². The van der Waals surface area contributed by atoms with Gasteiger partial charge in [0.15, 0.2) is 0 Å². The van der Waals surface area contributed by atoms with Crippen LogP contribution in [0.4, 0.5) is 5.82 Å². The lowest BCUT2D eigenvalue weighted by Crippen LogP contribution is -2.40. The van der Waals surface area contributed by atoms with Gasteiger partial charge in [-0.3, -0.25) is 4.90 Å². The fourth-order valence-corrected chi connectivity index (χ4v) is 3.69. The molecule has 4 rings (SSSR count). The highest BCUT2D eigenvalue weighted by Gasteiger charge is 2.34. The summed E-state index contributed by atoms with van der Waals surface area (Å²) in [5.74, 6) is 2.21. The zero-order valence-corrected chi connectivity index (χ0v) is 12.1. The predicted octanol–water partition coefficient (Wildman–Crippen LogP) is 1.40. The molecule has 0 bridgehead atoms. The summed E-state index contributed by atoms with van der Waals surface area (Å²) in [5.41, 5.74) is 7.01. The van der Waals surface area contributed by atoms with E-state index in [9.17, 15) is 0 Å². The van der Waals surface area contributed by atoms with Crippen LogP contribution in [0.5, 0.6) is 0 Å². The molecule has 2 aliphatic heterocycles. The molecule has 0 saturated carbocycles. The smallest absolute Gasteiger partial charge is 0.145 e. The van der Waals surface area contributed by atoms with Crippen molar-refractivity contribution >= 4 is 16.7 Å². The van der Waals surface area contributed by atoms with E-state index >= 15 is 0 Å². The normalized spacial score (nSPS) is 26.1. The van der Waals surface area contributed by atoms with Crippen molar-refractivity contribution in [1.82, 2.24) is 20.2 Å². The molecule has 21 heavy (non-hydrogen) atoms. The number of nitrogens with zero attached hydrogens (tertiary/aromatic N) is 3. The minimum Gasteiger partial charge on any atom is -0.383 e. The Morgan fingerprint density at radius 1 is 1.24 bits per heavy atom. The van der Waals surface area contributed by atoms with E-state index in [4.69, 9.17) is 5.73 Å². The largest absolute Gasteiger partial charge is 0.383 e. The van der Waals surface area contributed by atoms with E-state index in [0.29, 0.717) is 11.9 Å². The molecule has 5 nitrogen and oxygen atoms in total. The van der Waals surface area contributed by atoms with Gasteiger partial charge >= 0.3 is 0 Å². The lowest BCUT2D eigenvalue weighted by molar-refractivity contribution is 0.306. The van der Waals surface area contributed by atoms with E-state index in [2.05, 4.69) is 20.2 Å². The summed E-state index contributed by atoms with van der Waals surface area (Å²) >= 11 is 0.